The van der Waals surface area contributed by atoms with Gasteiger partial charge in [0.15, 0.2) is 11.8 Å². The molecule has 0 aliphatic rings. The molecule has 0 amide bonds. The Kier molecular flexibility index (Phi) is 7.14. The predicted octanol–water partition coefficient (Wildman–Crippen LogP) is 2.74. The molecule has 2 N–H and O–H groups in total. The predicted molar refractivity (Wildman–Crippen MR) is 108 cm³/mol. The van der Waals surface area contributed by atoms with Crippen LogP contribution in [-0.4, -0.2) is 41.5 Å². The topological polar surface area (TPSA) is 85.6 Å². The number of guanidine groups is 1. The number of methoxy groups -OCH3 is 1. The Morgan fingerprint density at radius 2 is 1.90 bits per heavy atom. The fourth-order valence-electron chi connectivity index (χ4n) is 2.78. The average molecular weight is 416 g/mol. The summed E-state index contributed by atoms with van der Waals surface area (Å²) in [5.74, 6) is 1.75. The van der Waals surface area contributed by atoms with E-state index >= 15 is 0 Å². The largest absolute Gasteiger partial charge is 0.497 e. The Bertz CT molecular complexity index is 978. The highest BCUT2D eigenvalue weighted by atomic mass is 19.3. The van der Waals surface area contributed by atoms with E-state index in [0.29, 0.717) is 29.6 Å². The van der Waals surface area contributed by atoms with Gasteiger partial charge in [0.05, 0.1) is 13.7 Å². The van der Waals surface area contributed by atoms with E-state index in [0.717, 1.165) is 5.69 Å². The third kappa shape index (κ3) is 5.43. The molecule has 0 spiro atoms. The van der Waals surface area contributed by atoms with E-state index < -0.39 is 6.61 Å². The minimum atomic E-state index is -2.92. The van der Waals surface area contributed by atoms with E-state index in [1.54, 1.807) is 25.5 Å². The molecule has 0 aliphatic carbocycles. The number of halogens is 2. The molecule has 0 aliphatic heterocycles. The van der Waals surface area contributed by atoms with Gasteiger partial charge in [0.2, 0.25) is 0 Å². The first-order valence-electron chi connectivity index (χ1n) is 9.11. The fourth-order valence-corrected chi connectivity index (χ4v) is 2.78. The van der Waals surface area contributed by atoms with Crippen LogP contribution in [0.4, 0.5) is 8.78 Å². The minimum absolute atomic E-state index is 0.0672. The second-order valence-corrected chi connectivity index (χ2v) is 6.08. The van der Waals surface area contributed by atoms with Gasteiger partial charge in [-0.15, -0.1) is 10.2 Å². The standard InChI is InChI=1S/C20H22F2N6O2/c1-23-20(24-11-14-10-16(29-2)8-9-17(14)30-19(21)22)25-12-18-27-26-13-28(18)15-6-4-3-5-7-15/h3-10,13,19H,11-12H2,1-2H3,(H2,23,24,25). The third-order valence-electron chi connectivity index (χ3n) is 4.22. The van der Waals surface area contributed by atoms with Crippen molar-refractivity contribution in [3.8, 4) is 17.2 Å². The molecule has 0 radical (unpaired) electrons. The first-order chi connectivity index (χ1) is 14.6. The number of hydrogen-bond donors (Lipinski definition) is 2. The van der Waals surface area contributed by atoms with Crippen LogP contribution in [-0.2, 0) is 13.1 Å². The maximum atomic E-state index is 12.7. The van der Waals surface area contributed by atoms with E-state index in [1.165, 1.54) is 13.2 Å². The van der Waals surface area contributed by atoms with Crippen LogP contribution < -0.4 is 20.1 Å². The number of aliphatic imine (C=N–C) groups is 1. The van der Waals surface area contributed by atoms with Gasteiger partial charge in [-0.1, -0.05) is 18.2 Å². The van der Waals surface area contributed by atoms with Crippen LogP contribution in [0.2, 0.25) is 0 Å². The summed E-state index contributed by atoms with van der Waals surface area (Å²) in [4.78, 5) is 4.15. The Morgan fingerprint density at radius 1 is 1.13 bits per heavy atom. The molecule has 8 nitrogen and oxygen atoms in total. The second-order valence-electron chi connectivity index (χ2n) is 6.08. The van der Waals surface area contributed by atoms with Crippen molar-refractivity contribution in [2.75, 3.05) is 14.2 Å². The summed E-state index contributed by atoms with van der Waals surface area (Å²) in [5, 5.41) is 14.3. The lowest BCUT2D eigenvalue weighted by Crippen LogP contribution is -2.37. The van der Waals surface area contributed by atoms with Gasteiger partial charge in [0.25, 0.3) is 0 Å². The molecule has 158 valence electrons. The van der Waals surface area contributed by atoms with Crippen molar-refractivity contribution in [3.63, 3.8) is 0 Å². The number of benzene rings is 2. The molecule has 1 aromatic heterocycles. The normalized spacial score (nSPS) is 11.4. The van der Waals surface area contributed by atoms with Crippen molar-refractivity contribution >= 4 is 5.96 Å². The summed E-state index contributed by atoms with van der Waals surface area (Å²) < 4.78 is 37.0. The zero-order valence-electron chi connectivity index (χ0n) is 16.5. The highest BCUT2D eigenvalue weighted by Gasteiger charge is 2.12. The SMILES string of the molecule is CN=C(NCc1cc(OC)ccc1OC(F)F)NCc1nncn1-c1ccccc1. The molecule has 0 unspecified atom stereocenters. The van der Waals surface area contributed by atoms with Gasteiger partial charge in [-0.2, -0.15) is 8.78 Å². The van der Waals surface area contributed by atoms with Gasteiger partial charge in [0.1, 0.15) is 17.8 Å². The van der Waals surface area contributed by atoms with Gasteiger partial charge in [-0.3, -0.25) is 9.56 Å². The van der Waals surface area contributed by atoms with Gasteiger partial charge in [0, 0.05) is 24.8 Å². The minimum Gasteiger partial charge on any atom is -0.497 e. The van der Waals surface area contributed by atoms with Crippen LogP contribution in [0, 0.1) is 0 Å². The van der Waals surface area contributed by atoms with E-state index in [2.05, 4.69) is 30.6 Å². The molecule has 3 rings (SSSR count). The highest BCUT2D eigenvalue weighted by molar-refractivity contribution is 5.79. The van der Waals surface area contributed by atoms with E-state index in [9.17, 15) is 8.78 Å². The zero-order chi connectivity index (χ0) is 21.3. The lowest BCUT2D eigenvalue weighted by molar-refractivity contribution is -0.0504. The molecule has 0 bridgehead atoms. The number of aromatic nitrogens is 3. The molecule has 2 aromatic carbocycles. The van der Waals surface area contributed by atoms with Crippen LogP contribution >= 0.6 is 0 Å². The van der Waals surface area contributed by atoms with Crippen molar-refractivity contribution < 1.29 is 18.3 Å². The lowest BCUT2D eigenvalue weighted by Gasteiger charge is -2.15. The summed E-state index contributed by atoms with van der Waals surface area (Å²) >= 11 is 0. The Morgan fingerprint density at radius 3 is 2.60 bits per heavy atom. The van der Waals surface area contributed by atoms with Crippen LogP contribution in [0.25, 0.3) is 5.69 Å². The number of para-hydroxylation sites is 1. The quantitative estimate of drug-likeness (QED) is 0.434. The molecule has 0 fully saturated rings. The van der Waals surface area contributed by atoms with Gasteiger partial charge < -0.3 is 20.1 Å². The van der Waals surface area contributed by atoms with E-state index in [-0.39, 0.29) is 12.3 Å². The number of alkyl halides is 2. The third-order valence-corrected chi connectivity index (χ3v) is 4.22. The molecule has 3 aromatic rings. The summed E-state index contributed by atoms with van der Waals surface area (Å²) in [7, 11) is 3.11. The van der Waals surface area contributed by atoms with Crippen LogP contribution in [0.5, 0.6) is 11.5 Å². The fraction of sp³-hybridized carbons (Fsp3) is 0.250. The lowest BCUT2D eigenvalue weighted by atomic mass is 10.2. The smallest absolute Gasteiger partial charge is 0.387 e. The van der Waals surface area contributed by atoms with Crippen molar-refractivity contribution in [3.05, 3.63) is 66.2 Å². The number of ether oxygens (including phenoxy) is 2. The van der Waals surface area contributed by atoms with E-state index in [1.807, 2.05) is 34.9 Å². The number of nitrogens with one attached hydrogen (secondary N) is 2. The number of nitrogens with zero attached hydrogens (tertiary/aromatic N) is 4. The Labute approximate surface area is 172 Å². The second kappa shape index (κ2) is 10.2. The molecular weight excluding hydrogens is 394 g/mol. The van der Waals surface area contributed by atoms with Crippen molar-refractivity contribution in [1.82, 2.24) is 25.4 Å². The first kappa shape index (κ1) is 21.0. The first-order valence-corrected chi connectivity index (χ1v) is 9.11. The Balaban J connectivity index is 1.65. The van der Waals surface area contributed by atoms with Crippen molar-refractivity contribution in [1.29, 1.82) is 0 Å². The molecule has 1 heterocycles. The molecule has 30 heavy (non-hydrogen) atoms. The molecular formula is C20H22F2N6O2. The van der Waals surface area contributed by atoms with Crippen LogP contribution in [0.3, 0.4) is 0 Å². The summed E-state index contributed by atoms with van der Waals surface area (Å²) in [6.07, 6.45) is 1.63. The zero-order valence-corrected chi connectivity index (χ0v) is 16.5. The molecule has 0 saturated carbocycles. The Hall–Kier alpha value is -3.69. The summed E-state index contributed by atoms with van der Waals surface area (Å²) in [5.41, 5.74) is 1.44. The van der Waals surface area contributed by atoms with Gasteiger partial charge in [-0.05, 0) is 30.3 Å². The number of hydrogen-bond acceptors (Lipinski definition) is 5. The molecule has 10 heteroatoms. The maximum Gasteiger partial charge on any atom is 0.387 e. The maximum absolute atomic E-state index is 12.7. The molecule has 0 atom stereocenters. The van der Waals surface area contributed by atoms with Gasteiger partial charge in [-0.25, -0.2) is 0 Å². The monoisotopic (exact) mass is 416 g/mol. The van der Waals surface area contributed by atoms with Crippen LogP contribution in [0.1, 0.15) is 11.4 Å². The van der Waals surface area contributed by atoms with E-state index in [4.69, 9.17) is 4.74 Å². The van der Waals surface area contributed by atoms with Crippen molar-refractivity contribution in [2.45, 2.75) is 19.7 Å². The molecule has 0 saturated heterocycles. The summed E-state index contributed by atoms with van der Waals surface area (Å²) in [6.45, 7) is -2.36. The number of rotatable bonds is 8. The highest BCUT2D eigenvalue weighted by Crippen LogP contribution is 2.25. The van der Waals surface area contributed by atoms with Crippen molar-refractivity contribution in [2.24, 2.45) is 4.99 Å². The van der Waals surface area contributed by atoms with Gasteiger partial charge >= 0.3 is 6.61 Å². The summed E-state index contributed by atoms with van der Waals surface area (Å²) in [6, 6.07) is 14.3. The van der Waals surface area contributed by atoms with Crippen LogP contribution in [0.15, 0.2) is 59.9 Å². The average Bonchev–Trinajstić information content (AvgIpc) is 3.23.